The molecule has 1 fully saturated rings. The van der Waals surface area contributed by atoms with Gasteiger partial charge in [-0.3, -0.25) is 4.79 Å². The van der Waals surface area contributed by atoms with Crippen LogP contribution in [-0.4, -0.2) is 96.0 Å². The van der Waals surface area contributed by atoms with Crippen molar-refractivity contribution in [3.05, 3.63) is 77.7 Å². The number of methoxy groups -OCH3 is 2. The van der Waals surface area contributed by atoms with Gasteiger partial charge in [-0.1, -0.05) is 88.7 Å². The highest BCUT2D eigenvalue weighted by molar-refractivity contribution is 7.90. The molecule has 0 radical (unpaired) electrons. The van der Waals surface area contributed by atoms with E-state index in [1.54, 1.807) is 26.4 Å². The lowest BCUT2D eigenvalue weighted by Gasteiger charge is -2.51. The molecule has 1 saturated heterocycles. The van der Waals surface area contributed by atoms with E-state index in [4.69, 9.17) is 23.7 Å². The zero-order valence-corrected chi connectivity index (χ0v) is 35.1. The Bertz CT molecular complexity index is 1810. The third-order valence-corrected chi connectivity index (χ3v) is 21.8. The van der Waals surface area contributed by atoms with E-state index >= 15 is 0 Å². The molecule has 1 aromatic heterocycles. The molecule has 1 aliphatic carbocycles. The number of hydrogen-bond acceptors (Lipinski definition) is 10. The summed E-state index contributed by atoms with van der Waals surface area (Å²) in [6, 6.07) is 12.3. The van der Waals surface area contributed by atoms with Crippen LogP contribution in [0.15, 0.2) is 71.3 Å². The topological polar surface area (TPSA) is 140 Å². The number of hydrogen-bond donors (Lipinski definition) is 1. The number of fused-ring (bicyclic) bond motifs is 1. The molecule has 13 heteroatoms. The van der Waals surface area contributed by atoms with Crippen LogP contribution in [0.2, 0.25) is 23.2 Å². The van der Waals surface area contributed by atoms with E-state index in [2.05, 4.69) is 40.7 Å². The molecule has 9 atom stereocenters. The molecule has 2 unspecified atom stereocenters. The Balaban J connectivity index is 1.51. The van der Waals surface area contributed by atoms with Crippen molar-refractivity contribution in [2.45, 2.75) is 94.3 Å². The van der Waals surface area contributed by atoms with Gasteiger partial charge in [0.2, 0.25) is 0 Å². The second-order valence-corrected chi connectivity index (χ2v) is 23.3. The van der Waals surface area contributed by atoms with Crippen molar-refractivity contribution < 1.29 is 46.8 Å². The van der Waals surface area contributed by atoms with E-state index in [0.29, 0.717) is 6.61 Å². The van der Waals surface area contributed by atoms with Crippen LogP contribution in [0.5, 0.6) is 0 Å². The average molecular weight is 786 g/mol. The number of aliphatic hydroxyl groups is 1. The maximum absolute atomic E-state index is 14.6. The zero-order valence-electron chi connectivity index (χ0n) is 33.2. The Morgan fingerprint density at radius 2 is 1.69 bits per heavy atom. The molecule has 11 nitrogen and oxygen atoms in total. The molecule has 5 rings (SSSR count). The minimum atomic E-state index is -4.07. The molecule has 0 amide bonds. The summed E-state index contributed by atoms with van der Waals surface area (Å²) in [6.07, 6.45) is 6.20. The van der Waals surface area contributed by atoms with Gasteiger partial charge in [0, 0.05) is 55.7 Å². The third-order valence-electron chi connectivity index (χ3n) is 13.1. The summed E-state index contributed by atoms with van der Waals surface area (Å²) in [5.41, 5.74) is 0.481. The number of ether oxygens (including phenoxy) is 5. The molecule has 3 heterocycles. The molecule has 2 bridgehead atoms. The van der Waals surface area contributed by atoms with Crippen LogP contribution in [0.4, 0.5) is 0 Å². The van der Waals surface area contributed by atoms with Crippen molar-refractivity contribution in [3.8, 4) is 0 Å². The van der Waals surface area contributed by atoms with Crippen LogP contribution >= 0.6 is 0 Å². The molecule has 54 heavy (non-hydrogen) atoms. The molecule has 2 aromatic rings. The van der Waals surface area contributed by atoms with Gasteiger partial charge in [0.1, 0.15) is 24.0 Å². The number of aliphatic hydroxyl groups excluding tert-OH is 1. The number of carbonyl (C=O) groups excluding carboxylic acids is 2. The molecular weight excluding hydrogens is 727 g/mol. The van der Waals surface area contributed by atoms with E-state index in [1.807, 2.05) is 26.0 Å². The number of rotatable bonds is 15. The first kappa shape index (κ1) is 42.1. The van der Waals surface area contributed by atoms with Gasteiger partial charge in [-0.15, -0.1) is 0 Å². The van der Waals surface area contributed by atoms with E-state index < -0.39 is 64.7 Å². The van der Waals surface area contributed by atoms with Crippen LogP contribution < -0.4 is 0 Å². The number of esters is 2. The van der Waals surface area contributed by atoms with Gasteiger partial charge in [0.05, 0.1) is 38.2 Å². The lowest BCUT2D eigenvalue weighted by atomic mass is 9.62. The van der Waals surface area contributed by atoms with Crippen LogP contribution in [0.25, 0.3) is 0 Å². The van der Waals surface area contributed by atoms with Gasteiger partial charge in [0.15, 0.2) is 0 Å². The first-order chi connectivity index (χ1) is 25.7. The fourth-order valence-corrected chi connectivity index (χ4v) is 16.8. The summed E-state index contributed by atoms with van der Waals surface area (Å²) < 4.78 is 59.1. The molecule has 1 spiro atoms. The van der Waals surface area contributed by atoms with Gasteiger partial charge in [-0.25, -0.2) is 17.2 Å². The van der Waals surface area contributed by atoms with Gasteiger partial charge < -0.3 is 28.8 Å². The van der Waals surface area contributed by atoms with Crippen LogP contribution in [-0.2, 0) is 38.5 Å². The quantitative estimate of drug-likeness (QED) is 0.122. The first-order valence-electron chi connectivity index (χ1n) is 19.2. The molecule has 2 aliphatic heterocycles. The van der Waals surface area contributed by atoms with E-state index in [0.717, 1.165) is 33.2 Å². The van der Waals surface area contributed by atoms with Crippen molar-refractivity contribution >= 4 is 30.0 Å². The molecular formula is C41H59NO10SSi. The fourth-order valence-electron chi connectivity index (χ4n) is 10.1. The standard InChI is InChI=1S/C41H59NO10SSi/c1-10-54(11-2,12-3)40(7,26-49-9)37-28(5)22-29(6)41-33(32(24-48-8)38(44)51-37)20-19-31(34(41)23-43)36(52-41)25-50-39(45)35-14-13-21-42(35)53(46,47)30-17-15-27(4)16-18-30/h13-22,28,31-34,36-37,43H,10-12,23-26H2,1-9H3/b29-22+/t28?,31-,32-,33-,34-,36+,37+,40+,41?/m1/s1. The minimum Gasteiger partial charge on any atom is -0.461 e. The van der Waals surface area contributed by atoms with Crippen LogP contribution in [0.1, 0.15) is 57.6 Å². The number of aromatic nitrogens is 1. The molecule has 1 aromatic carbocycles. The lowest BCUT2D eigenvalue weighted by Crippen LogP contribution is -2.56. The third kappa shape index (κ3) is 6.98. The van der Waals surface area contributed by atoms with Gasteiger partial charge in [-0.2, -0.15) is 0 Å². The maximum atomic E-state index is 14.6. The minimum absolute atomic E-state index is 0.0464. The highest BCUT2D eigenvalue weighted by atomic mass is 32.2. The Morgan fingerprint density at radius 3 is 2.28 bits per heavy atom. The number of nitrogens with zero attached hydrogens (tertiary/aromatic N) is 1. The first-order valence-corrected chi connectivity index (χ1v) is 23.2. The number of aryl methyl sites for hydroxylation is 1. The van der Waals surface area contributed by atoms with E-state index in [-0.39, 0.29) is 48.2 Å². The highest BCUT2D eigenvalue weighted by Gasteiger charge is 2.64. The number of carbonyl (C=O) groups is 2. The van der Waals surface area contributed by atoms with Crippen molar-refractivity contribution in [2.75, 3.05) is 40.6 Å². The van der Waals surface area contributed by atoms with Crippen molar-refractivity contribution in [1.82, 2.24) is 3.97 Å². The molecule has 3 aliphatic rings. The van der Waals surface area contributed by atoms with Crippen molar-refractivity contribution in [2.24, 2.45) is 29.6 Å². The smallest absolute Gasteiger partial charge is 0.356 e. The number of benzene rings is 1. The SMILES string of the molecule is CC[Si](CC)(CC)[C@@](C)(COC)[C@H]1OC(=O)[C@H](COC)[C@H]2C=C[C@H]3[C@H](COC(=O)c4cccn4S(=O)(=O)c4ccc(C)cc4)OC2(/C(C)=C/C1C)[C@@H]3CO. The van der Waals surface area contributed by atoms with Crippen molar-refractivity contribution in [3.63, 3.8) is 0 Å². The summed E-state index contributed by atoms with van der Waals surface area (Å²) in [7, 11) is -2.88. The Labute approximate surface area is 322 Å². The monoisotopic (exact) mass is 785 g/mol. The summed E-state index contributed by atoms with van der Waals surface area (Å²) in [5, 5.41) is 10.7. The second kappa shape index (κ2) is 16.6. The summed E-state index contributed by atoms with van der Waals surface area (Å²) >= 11 is 0. The maximum Gasteiger partial charge on any atom is 0.356 e. The predicted octanol–water partition coefficient (Wildman–Crippen LogP) is 6.42. The normalized spacial score (nSPS) is 30.6. The van der Waals surface area contributed by atoms with E-state index in [9.17, 15) is 23.1 Å². The van der Waals surface area contributed by atoms with Crippen LogP contribution in [0.3, 0.4) is 0 Å². The highest BCUT2D eigenvalue weighted by Crippen LogP contribution is 2.58. The summed E-state index contributed by atoms with van der Waals surface area (Å²) in [6.45, 7) is 15.0. The average Bonchev–Trinajstić information content (AvgIpc) is 3.74. The van der Waals surface area contributed by atoms with Crippen LogP contribution in [0, 0.1) is 36.5 Å². The lowest BCUT2D eigenvalue weighted by molar-refractivity contribution is -0.168. The molecule has 298 valence electrons. The van der Waals surface area contributed by atoms with E-state index in [1.165, 1.54) is 30.5 Å². The second-order valence-electron chi connectivity index (χ2n) is 15.7. The van der Waals surface area contributed by atoms with Gasteiger partial charge >= 0.3 is 11.9 Å². The largest absolute Gasteiger partial charge is 0.461 e. The zero-order chi connectivity index (χ0) is 39.6. The summed E-state index contributed by atoms with van der Waals surface area (Å²) in [4.78, 5) is 28.2. The summed E-state index contributed by atoms with van der Waals surface area (Å²) in [5.74, 6) is -3.60. The predicted molar refractivity (Wildman–Crippen MR) is 208 cm³/mol. The fraction of sp³-hybridized carbons (Fsp3) is 0.610. The number of cyclic esters (lactones) is 1. The Hall–Kier alpha value is -3.07. The van der Waals surface area contributed by atoms with Crippen molar-refractivity contribution in [1.29, 1.82) is 0 Å². The Kier molecular flexibility index (Phi) is 12.9. The Morgan fingerprint density at radius 1 is 1.02 bits per heavy atom. The van der Waals surface area contributed by atoms with Gasteiger partial charge in [-0.05, 0) is 43.7 Å². The molecule has 0 saturated carbocycles. The molecule has 1 N–H and O–H groups in total. The van der Waals surface area contributed by atoms with Gasteiger partial charge in [0.25, 0.3) is 10.0 Å².